The summed E-state index contributed by atoms with van der Waals surface area (Å²) in [6.45, 7) is 2.00. The number of benzene rings is 1. The first-order valence-corrected chi connectivity index (χ1v) is 5.64. The van der Waals surface area contributed by atoms with Gasteiger partial charge in [0.15, 0.2) is 5.78 Å². The van der Waals surface area contributed by atoms with E-state index >= 15 is 0 Å². The molecule has 0 N–H and O–H groups in total. The SMILES string of the molecule is CC1=CCC(Cl)(C(=O)c2ccccc2)C=C1. The first kappa shape index (κ1) is 11.2. The van der Waals surface area contributed by atoms with Gasteiger partial charge in [-0.1, -0.05) is 54.1 Å². The predicted octanol–water partition coefficient (Wildman–Crippen LogP) is 3.75. The van der Waals surface area contributed by atoms with Gasteiger partial charge in [0.05, 0.1) is 0 Å². The third-order valence-electron chi connectivity index (χ3n) is 2.74. The van der Waals surface area contributed by atoms with E-state index in [1.165, 1.54) is 0 Å². The lowest BCUT2D eigenvalue weighted by molar-refractivity contribution is 0.0959. The number of hydrogen-bond donors (Lipinski definition) is 0. The monoisotopic (exact) mass is 232 g/mol. The van der Waals surface area contributed by atoms with Crippen LogP contribution in [0.1, 0.15) is 23.7 Å². The largest absolute Gasteiger partial charge is 0.292 e. The molecule has 0 radical (unpaired) electrons. The van der Waals surface area contributed by atoms with Crippen molar-refractivity contribution in [2.24, 2.45) is 0 Å². The Bertz CT molecular complexity index is 459. The van der Waals surface area contributed by atoms with Gasteiger partial charge in [0.2, 0.25) is 0 Å². The Balaban J connectivity index is 2.27. The molecule has 1 aromatic rings. The van der Waals surface area contributed by atoms with Gasteiger partial charge in [-0.05, 0) is 13.3 Å². The Kier molecular flexibility index (Phi) is 2.97. The van der Waals surface area contributed by atoms with Gasteiger partial charge in [0, 0.05) is 5.56 Å². The van der Waals surface area contributed by atoms with Gasteiger partial charge in [-0.25, -0.2) is 0 Å². The third-order valence-corrected chi connectivity index (χ3v) is 3.20. The second kappa shape index (κ2) is 4.26. The number of halogens is 1. The van der Waals surface area contributed by atoms with Crippen LogP contribution >= 0.6 is 11.6 Å². The summed E-state index contributed by atoms with van der Waals surface area (Å²) in [5, 5.41) is 0. The second-order valence-corrected chi connectivity index (χ2v) is 4.72. The summed E-state index contributed by atoms with van der Waals surface area (Å²) in [4.78, 5) is 11.3. The summed E-state index contributed by atoms with van der Waals surface area (Å²) >= 11 is 6.34. The smallest absolute Gasteiger partial charge is 0.187 e. The Morgan fingerprint density at radius 1 is 1.31 bits per heavy atom. The van der Waals surface area contributed by atoms with Crippen molar-refractivity contribution in [2.75, 3.05) is 0 Å². The normalized spacial score (nSPS) is 24.0. The molecule has 0 fully saturated rings. The number of carbonyl (C=O) groups is 1. The highest BCUT2D eigenvalue weighted by Crippen LogP contribution is 2.31. The lowest BCUT2D eigenvalue weighted by Crippen LogP contribution is -2.31. The number of hydrogen-bond acceptors (Lipinski definition) is 1. The van der Waals surface area contributed by atoms with E-state index in [9.17, 15) is 4.79 Å². The fourth-order valence-corrected chi connectivity index (χ4v) is 1.96. The van der Waals surface area contributed by atoms with Crippen molar-refractivity contribution in [1.29, 1.82) is 0 Å². The van der Waals surface area contributed by atoms with Gasteiger partial charge < -0.3 is 0 Å². The Morgan fingerprint density at radius 3 is 2.56 bits per heavy atom. The lowest BCUT2D eigenvalue weighted by atomic mass is 9.89. The molecule has 0 aromatic heterocycles. The summed E-state index contributed by atoms with van der Waals surface area (Å²) in [7, 11) is 0. The van der Waals surface area contributed by atoms with Crippen molar-refractivity contribution in [2.45, 2.75) is 18.2 Å². The van der Waals surface area contributed by atoms with Crippen LogP contribution in [0.25, 0.3) is 0 Å². The maximum absolute atomic E-state index is 12.2. The summed E-state index contributed by atoms with van der Waals surface area (Å²) in [5.41, 5.74) is 1.81. The van der Waals surface area contributed by atoms with E-state index in [0.717, 1.165) is 5.57 Å². The van der Waals surface area contributed by atoms with E-state index in [1.807, 2.05) is 37.3 Å². The molecular weight excluding hydrogens is 220 g/mol. The minimum Gasteiger partial charge on any atom is -0.292 e. The highest BCUT2D eigenvalue weighted by molar-refractivity contribution is 6.39. The molecule has 2 heteroatoms. The molecule has 1 unspecified atom stereocenters. The Hall–Kier alpha value is -1.34. The number of alkyl halides is 1. The minimum absolute atomic E-state index is 0.0326. The Labute approximate surface area is 100 Å². The van der Waals surface area contributed by atoms with Crippen LogP contribution < -0.4 is 0 Å². The molecule has 16 heavy (non-hydrogen) atoms. The lowest BCUT2D eigenvalue weighted by Gasteiger charge is -2.23. The number of allylic oxidation sites excluding steroid dienone is 4. The van der Waals surface area contributed by atoms with Crippen LogP contribution in [0, 0.1) is 0 Å². The van der Waals surface area contributed by atoms with E-state index < -0.39 is 4.87 Å². The molecule has 0 bridgehead atoms. The zero-order valence-electron chi connectivity index (χ0n) is 9.11. The molecule has 0 amide bonds. The first-order valence-electron chi connectivity index (χ1n) is 5.26. The van der Waals surface area contributed by atoms with E-state index in [0.29, 0.717) is 12.0 Å². The number of ketones is 1. The molecule has 82 valence electrons. The molecule has 0 saturated heterocycles. The van der Waals surface area contributed by atoms with Gasteiger partial charge >= 0.3 is 0 Å². The van der Waals surface area contributed by atoms with E-state index in [4.69, 9.17) is 11.6 Å². The molecule has 1 aliphatic rings. The van der Waals surface area contributed by atoms with Gasteiger partial charge in [0.1, 0.15) is 4.87 Å². The quantitative estimate of drug-likeness (QED) is 0.561. The molecule has 1 aliphatic carbocycles. The molecule has 0 saturated carbocycles. The maximum Gasteiger partial charge on any atom is 0.187 e. The summed E-state index contributed by atoms with van der Waals surface area (Å²) in [6.07, 6.45) is 6.25. The van der Waals surface area contributed by atoms with Crippen molar-refractivity contribution >= 4 is 17.4 Å². The predicted molar refractivity (Wildman–Crippen MR) is 66.9 cm³/mol. The van der Waals surface area contributed by atoms with Crippen LogP contribution in [0.3, 0.4) is 0 Å². The first-order chi connectivity index (χ1) is 7.62. The molecular formula is C14H13ClO. The highest BCUT2D eigenvalue weighted by Gasteiger charge is 2.34. The van der Waals surface area contributed by atoms with E-state index in [2.05, 4.69) is 0 Å². The minimum atomic E-state index is -0.902. The Morgan fingerprint density at radius 2 is 2.00 bits per heavy atom. The zero-order chi connectivity index (χ0) is 11.6. The van der Waals surface area contributed by atoms with Crippen LogP contribution in [0.2, 0.25) is 0 Å². The topological polar surface area (TPSA) is 17.1 Å². The van der Waals surface area contributed by atoms with Gasteiger partial charge in [-0.3, -0.25) is 4.79 Å². The molecule has 1 atom stereocenters. The van der Waals surface area contributed by atoms with Crippen molar-refractivity contribution in [3.05, 3.63) is 59.7 Å². The average molecular weight is 233 g/mol. The molecule has 2 rings (SSSR count). The molecule has 0 heterocycles. The van der Waals surface area contributed by atoms with Crippen LogP contribution in [0.4, 0.5) is 0 Å². The van der Waals surface area contributed by atoms with Gasteiger partial charge in [0.25, 0.3) is 0 Å². The second-order valence-electron chi connectivity index (χ2n) is 4.04. The average Bonchev–Trinajstić information content (AvgIpc) is 2.33. The summed E-state index contributed by atoms with van der Waals surface area (Å²) in [6, 6.07) is 9.18. The van der Waals surface area contributed by atoms with Crippen LogP contribution in [-0.2, 0) is 0 Å². The summed E-state index contributed by atoms with van der Waals surface area (Å²) < 4.78 is 0. The van der Waals surface area contributed by atoms with Gasteiger partial charge in [-0.15, -0.1) is 11.6 Å². The summed E-state index contributed by atoms with van der Waals surface area (Å²) in [5.74, 6) is -0.0326. The number of carbonyl (C=O) groups excluding carboxylic acids is 1. The van der Waals surface area contributed by atoms with Crippen LogP contribution in [0.5, 0.6) is 0 Å². The fraction of sp³-hybridized carbons (Fsp3) is 0.214. The van der Waals surface area contributed by atoms with E-state index in [1.54, 1.807) is 18.2 Å². The van der Waals surface area contributed by atoms with Crippen molar-refractivity contribution in [1.82, 2.24) is 0 Å². The third kappa shape index (κ3) is 2.10. The van der Waals surface area contributed by atoms with Gasteiger partial charge in [-0.2, -0.15) is 0 Å². The molecule has 0 spiro atoms. The molecule has 1 nitrogen and oxygen atoms in total. The number of Topliss-reactive ketones (excluding diaryl/α,β-unsaturated/α-hetero) is 1. The number of rotatable bonds is 2. The van der Waals surface area contributed by atoms with E-state index in [-0.39, 0.29) is 5.78 Å². The van der Waals surface area contributed by atoms with Crippen LogP contribution in [0.15, 0.2) is 54.1 Å². The van der Waals surface area contributed by atoms with Crippen LogP contribution in [-0.4, -0.2) is 10.7 Å². The standard InChI is InChI=1S/C14H13ClO/c1-11-7-9-14(15,10-8-11)13(16)12-5-3-2-4-6-12/h2-9H,10H2,1H3. The fourth-order valence-electron chi connectivity index (χ4n) is 1.71. The molecule has 0 aliphatic heterocycles. The molecule has 1 aromatic carbocycles. The maximum atomic E-state index is 12.2. The van der Waals surface area contributed by atoms with Crippen molar-refractivity contribution in [3.8, 4) is 0 Å². The highest BCUT2D eigenvalue weighted by atomic mass is 35.5. The van der Waals surface area contributed by atoms with Crippen molar-refractivity contribution in [3.63, 3.8) is 0 Å². The zero-order valence-corrected chi connectivity index (χ0v) is 9.87. The van der Waals surface area contributed by atoms with Crippen molar-refractivity contribution < 1.29 is 4.79 Å².